The molecular formula is C16H23N3O2. The maximum Gasteiger partial charge on any atom is 0.245 e. The first-order valence-corrected chi connectivity index (χ1v) is 7.64. The normalized spacial score (nSPS) is 25.3. The third kappa shape index (κ3) is 3.26. The highest BCUT2D eigenvalue weighted by molar-refractivity contribution is 5.85. The number of morpholine rings is 1. The molecule has 1 aromatic rings. The zero-order chi connectivity index (χ0) is 14.7. The number of carbonyl (C=O) groups excluding carboxylic acids is 1. The van der Waals surface area contributed by atoms with Crippen LogP contribution in [0.1, 0.15) is 18.5 Å². The minimum Gasteiger partial charge on any atom is -0.379 e. The van der Waals surface area contributed by atoms with Gasteiger partial charge in [0.1, 0.15) is 6.04 Å². The molecule has 1 N–H and O–H groups in total. The lowest BCUT2D eigenvalue weighted by molar-refractivity contribution is -0.131. The molecule has 2 saturated heterocycles. The minimum atomic E-state index is -0.196. The van der Waals surface area contributed by atoms with Gasteiger partial charge in [0.25, 0.3) is 0 Å². The minimum absolute atomic E-state index is 0.182. The Bertz CT molecular complexity index is 474. The van der Waals surface area contributed by atoms with E-state index in [-0.39, 0.29) is 18.0 Å². The number of carbonyl (C=O) groups is 1. The van der Waals surface area contributed by atoms with Gasteiger partial charge in [-0.05, 0) is 12.5 Å². The maximum atomic E-state index is 12.6. The molecule has 2 aliphatic heterocycles. The number of hydrogen-bond acceptors (Lipinski definition) is 4. The molecule has 0 saturated carbocycles. The predicted molar refractivity (Wildman–Crippen MR) is 80.8 cm³/mol. The van der Waals surface area contributed by atoms with Crippen molar-refractivity contribution in [2.75, 3.05) is 39.5 Å². The van der Waals surface area contributed by atoms with Crippen molar-refractivity contribution in [1.29, 1.82) is 0 Å². The first-order valence-electron chi connectivity index (χ1n) is 7.64. The van der Waals surface area contributed by atoms with Crippen LogP contribution in [0.2, 0.25) is 0 Å². The average molecular weight is 289 g/mol. The topological polar surface area (TPSA) is 44.8 Å². The summed E-state index contributed by atoms with van der Waals surface area (Å²) in [4.78, 5) is 16.9. The monoisotopic (exact) mass is 289 g/mol. The van der Waals surface area contributed by atoms with Crippen LogP contribution < -0.4 is 5.32 Å². The molecule has 1 aromatic carbocycles. The van der Waals surface area contributed by atoms with E-state index in [2.05, 4.69) is 17.1 Å². The molecule has 5 nitrogen and oxygen atoms in total. The van der Waals surface area contributed by atoms with Crippen LogP contribution in [0, 0.1) is 0 Å². The molecule has 2 unspecified atom stereocenters. The highest BCUT2D eigenvalue weighted by Crippen LogP contribution is 2.22. The van der Waals surface area contributed by atoms with Crippen LogP contribution in [0.15, 0.2) is 30.3 Å². The highest BCUT2D eigenvalue weighted by Gasteiger charge is 2.35. The van der Waals surface area contributed by atoms with E-state index in [1.807, 2.05) is 35.2 Å². The Morgan fingerprint density at radius 3 is 2.71 bits per heavy atom. The van der Waals surface area contributed by atoms with Crippen molar-refractivity contribution < 1.29 is 9.53 Å². The summed E-state index contributed by atoms with van der Waals surface area (Å²) in [6.07, 6.45) is 0. The van der Waals surface area contributed by atoms with E-state index in [1.165, 1.54) is 0 Å². The van der Waals surface area contributed by atoms with Crippen LogP contribution in [-0.4, -0.2) is 61.3 Å². The summed E-state index contributed by atoms with van der Waals surface area (Å²) in [5.74, 6) is 0.182. The third-order valence-electron chi connectivity index (χ3n) is 4.29. The lowest BCUT2D eigenvalue weighted by Crippen LogP contribution is -2.47. The second-order valence-corrected chi connectivity index (χ2v) is 5.78. The quantitative estimate of drug-likeness (QED) is 0.892. The molecule has 114 valence electrons. The summed E-state index contributed by atoms with van der Waals surface area (Å²) in [6, 6.07) is 9.96. The van der Waals surface area contributed by atoms with E-state index in [9.17, 15) is 4.79 Å². The Morgan fingerprint density at radius 2 is 2.00 bits per heavy atom. The van der Waals surface area contributed by atoms with E-state index >= 15 is 0 Å². The van der Waals surface area contributed by atoms with Crippen LogP contribution in [0.3, 0.4) is 0 Å². The van der Waals surface area contributed by atoms with Crippen molar-refractivity contribution >= 4 is 5.91 Å². The number of amides is 1. The smallest absolute Gasteiger partial charge is 0.245 e. The van der Waals surface area contributed by atoms with Gasteiger partial charge in [-0.2, -0.15) is 0 Å². The second-order valence-electron chi connectivity index (χ2n) is 5.78. The van der Waals surface area contributed by atoms with Crippen molar-refractivity contribution in [3.63, 3.8) is 0 Å². The van der Waals surface area contributed by atoms with Crippen LogP contribution in [0.25, 0.3) is 0 Å². The van der Waals surface area contributed by atoms with Crippen molar-refractivity contribution in [1.82, 2.24) is 15.1 Å². The van der Waals surface area contributed by atoms with Gasteiger partial charge < -0.3 is 9.64 Å². The Morgan fingerprint density at radius 1 is 1.29 bits per heavy atom. The molecule has 0 bridgehead atoms. The zero-order valence-corrected chi connectivity index (χ0v) is 12.5. The summed E-state index contributed by atoms with van der Waals surface area (Å²) in [5.41, 5.74) is 1.04. The fraction of sp³-hybridized carbons (Fsp3) is 0.562. The zero-order valence-electron chi connectivity index (χ0n) is 12.5. The van der Waals surface area contributed by atoms with Gasteiger partial charge in [0.2, 0.25) is 5.91 Å². The lowest BCUT2D eigenvalue weighted by atomic mass is 10.1. The van der Waals surface area contributed by atoms with Gasteiger partial charge in [-0.1, -0.05) is 30.3 Å². The van der Waals surface area contributed by atoms with Crippen LogP contribution in [-0.2, 0) is 9.53 Å². The molecule has 1 amide bonds. The first-order chi connectivity index (χ1) is 10.3. The van der Waals surface area contributed by atoms with Gasteiger partial charge in [0.15, 0.2) is 0 Å². The first kappa shape index (κ1) is 14.5. The predicted octanol–water partition coefficient (Wildman–Crippen LogP) is 0.838. The standard InChI is InChI=1S/C16H23N3O2/c1-13(11-18-7-9-21-10-8-18)19-12-17-15(16(19)20)14-5-3-2-4-6-14/h2-6,13,15,17H,7-12H2,1H3. The molecule has 3 rings (SSSR count). The highest BCUT2D eigenvalue weighted by atomic mass is 16.5. The summed E-state index contributed by atoms with van der Waals surface area (Å²) in [7, 11) is 0. The number of rotatable bonds is 4. The van der Waals surface area contributed by atoms with Crippen LogP contribution in [0.5, 0.6) is 0 Å². The van der Waals surface area contributed by atoms with Gasteiger partial charge in [0.05, 0.1) is 19.9 Å². The summed E-state index contributed by atoms with van der Waals surface area (Å²) < 4.78 is 5.37. The largest absolute Gasteiger partial charge is 0.379 e. The molecule has 2 heterocycles. The van der Waals surface area contributed by atoms with Crippen LogP contribution in [0.4, 0.5) is 0 Å². The summed E-state index contributed by atoms with van der Waals surface area (Å²) in [6.45, 7) is 7.19. The van der Waals surface area contributed by atoms with Gasteiger partial charge in [-0.3, -0.25) is 15.0 Å². The molecule has 5 heteroatoms. The van der Waals surface area contributed by atoms with Gasteiger partial charge in [-0.15, -0.1) is 0 Å². The van der Waals surface area contributed by atoms with Crippen molar-refractivity contribution in [2.45, 2.75) is 19.0 Å². The van der Waals surface area contributed by atoms with E-state index in [0.29, 0.717) is 6.67 Å². The molecule has 2 fully saturated rings. The number of hydrogen-bond donors (Lipinski definition) is 1. The van der Waals surface area contributed by atoms with Crippen molar-refractivity contribution in [2.24, 2.45) is 0 Å². The third-order valence-corrected chi connectivity index (χ3v) is 4.29. The second kappa shape index (κ2) is 6.56. The maximum absolute atomic E-state index is 12.6. The Balaban J connectivity index is 1.60. The Labute approximate surface area is 125 Å². The SMILES string of the molecule is CC(CN1CCOCC1)N1CNC(c2ccccc2)C1=O. The summed E-state index contributed by atoms with van der Waals surface area (Å²) in [5, 5.41) is 3.32. The van der Waals surface area contributed by atoms with Gasteiger partial charge in [0, 0.05) is 25.7 Å². The van der Waals surface area contributed by atoms with E-state index < -0.39 is 0 Å². The number of nitrogens with zero attached hydrogens (tertiary/aromatic N) is 2. The average Bonchev–Trinajstić information content (AvgIpc) is 2.91. The Kier molecular flexibility index (Phi) is 4.53. The molecule has 0 aliphatic carbocycles. The van der Waals surface area contributed by atoms with E-state index in [0.717, 1.165) is 38.4 Å². The van der Waals surface area contributed by atoms with Gasteiger partial charge >= 0.3 is 0 Å². The van der Waals surface area contributed by atoms with Crippen LogP contribution >= 0.6 is 0 Å². The fourth-order valence-electron chi connectivity index (χ4n) is 3.06. The lowest BCUT2D eigenvalue weighted by Gasteiger charge is -2.32. The number of ether oxygens (including phenoxy) is 1. The molecule has 0 spiro atoms. The molecule has 0 radical (unpaired) electrons. The fourth-order valence-corrected chi connectivity index (χ4v) is 3.06. The molecule has 2 atom stereocenters. The molecular weight excluding hydrogens is 266 g/mol. The molecule has 2 aliphatic rings. The Hall–Kier alpha value is -1.43. The van der Waals surface area contributed by atoms with E-state index in [1.54, 1.807) is 0 Å². The van der Waals surface area contributed by atoms with E-state index in [4.69, 9.17) is 4.74 Å². The number of benzene rings is 1. The number of nitrogens with one attached hydrogen (secondary N) is 1. The summed E-state index contributed by atoms with van der Waals surface area (Å²) >= 11 is 0. The van der Waals surface area contributed by atoms with Crippen molar-refractivity contribution in [3.8, 4) is 0 Å². The molecule has 21 heavy (non-hydrogen) atoms. The van der Waals surface area contributed by atoms with Gasteiger partial charge in [-0.25, -0.2) is 0 Å². The van der Waals surface area contributed by atoms with Crippen molar-refractivity contribution in [3.05, 3.63) is 35.9 Å². The molecule has 0 aromatic heterocycles.